The molecule has 0 aromatic carbocycles. The first kappa shape index (κ1) is 29.5. The van der Waals surface area contributed by atoms with Gasteiger partial charge in [0.2, 0.25) is 0 Å². The van der Waals surface area contributed by atoms with Crippen LogP contribution < -0.4 is 0 Å². The van der Waals surface area contributed by atoms with Crippen LogP contribution in [0.1, 0.15) is 65.2 Å². The topological polar surface area (TPSA) is 44.8 Å². The van der Waals surface area contributed by atoms with E-state index in [1.807, 2.05) is 0 Å². The number of rotatable bonds is 19. The van der Waals surface area contributed by atoms with Crippen LogP contribution in [0.3, 0.4) is 0 Å². The van der Waals surface area contributed by atoms with Crippen molar-refractivity contribution in [3.8, 4) is 0 Å². The van der Waals surface area contributed by atoms with Crippen molar-refractivity contribution in [3.05, 3.63) is 72.9 Å². The van der Waals surface area contributed by atoms with Crippen LogP contribution in [0, 0.1) is 5.92 Å². The highest BCUT2D eigenvalue weighted by Gasteiger charge is 2.23. The second kappa shape index (κ2) is 21.8. The second-order valence-corrected chi connectivity index (χ2v) is 8.92. The molecule has 1 atom stereocenters. The van der Waals surface area contributed by atoms with E-state index in [4.69, 9.17) is 13.6 Å². The van der Waals surface area contributed by atoms with Crippen LogP contribution in [0.5, 0.6) is 0 Å². The molecular weight excluding hydrogens is 407 g/mol. The van der Waals surface area contributed by atoms with Crippen LogP contribution in [-0.4, -0.2) is 20.8 Å². The fourth-order valence-electron chi connectivity index (χ4n) is 2.54. The highest BCUT2D eigenvalue weighted by Crippen LogP contribution is 2.48. The van der Waals surface area contributed by atoms with Gasteiger partial charge in [0.05, 0.1) is 6.61 Å². The quantitative estimate of drug-likeness (QED) is 0.146. The van der Waals surface area contributed by atoms with Crippen LogP contribution in [-0.2, 0) is 18.1 Å². The van der Waals surface area contributed by atoms with Crippen LogP contribution in [0.4, 0.5) is 0 Å². The lowest BCUT2D eigenvalue weighted by Gasteiger charge is -2.17. The van der Waals surface area contributed by atoms with Crippen molar-refractivity contribution in [2.24, 2.45) is 5.92 Å². The molecule has 4 nitrogen and oxygen atoms in total. The minimum atomic E-state index is -3.38. The van der Waals surface area contributed by atoms with Gasteiger partial charge in [-0.25, -0.2) is 4.57 Å². The zero-order valence-corrected chi connectivity index (χ0v) is 20.8. The molecule has 0 N–H and O–H groups in total. The Bertz CT molecular complexity index is 621. The lowest BCUT2D eigenvalue weighted by atomic mass is 10.0. The molecule has 0 rings (SSSR count). The summed E-state index contributed by atoms with van der Waals surface area (Å²) in [4.78, 5) is 0. The Morgan fingerprint density at radius 3 is 1.39 bits per heavy atom. The van der Waals surface area contributed by atoms with Gasteiger partial charge in [-0.3, -0.25) is 13.6 Å². The first-order chi connectivity index (χ1) is 15.1. The predicted octanol–water partition coefficient (Wildman–Crippen LogP) is 8.52. The fourth-order valence-corrected chi connectivity index (χ4v) is 3.29. The summed E-state index contributed by atoms with van der Waals surface area (Å²) in [5, 5.41) is 0. The molecule has 0 aliphatic heterocycles. The standard InChI is InChI=1S/C26H43O4P/c1-5-7-8-9-10-11-12-13-14-15-16-17-18-19-20-21-22-23-24-26(6-2)25-30-31(27,28-3)29-4/h7-8,10-11,13-14,16-17,19-20,22-23,26H,5-6,9,12,15,18,21,24-25H2,1-4H3/b8-7-,11-10-,14-13-,17-16-,20-19-,23-22-. The van der Waals surface area contributed by atoms with Crippen LogP contribution in [0.25, 0.3) is 0 Å². The molecule has 0 fully saturated rings. The molecule has 0 aromatic heterocycles. The minimum Gasteiger partial charge on any atom is -0.290 e. The maximum atomic E-state index is 11.9. The summed E-state index contributed by atoms with van der Waals surface area (Å²) in [5.74, 6) is 0.295. The molecule has 1 unspecified atom stereocenters. The molecule has 176 valence electrons. The van der Waals surface area contributed by atoms with E-state index >= 15 is 0 Å². The van der Waals surface area contributed by atoms with Gasteiger partial charge >= 0.3 is 7.82 Å². The minimum absolute atomic E-state index is 0.295. The molecule has 0 aromatic rings. The van der Waals surface area contributed by atoms with Crippen molar-refractivity contribution in [2.45, 2.75) is 65.2 Å². The third-order valence-electron chi connectivity index (χ3n) is 4.56. The first-order valence-corrected chi connectivity index (χ1v) is 12.8. The monoisotopic (exact) mass is 450 g/mol. The Labute approximate surface area is 191 Å². The summed E-state index contributed by atoms with van der Waals surface area (Å²) in [6.07, 6.45) is 34.1. The average Bonchev–Trinajstić information content (AvgIpc) is 2.80. The smallest absolute Gasteiger partial charge is 0.290 e. The molecule has 0 spiro atoms. The van der Waals surface area contributed by atoms with Gasteiger partial charge in [-0.1, -0.05) is 93.2 Å². The Hall–Kier alpha value is -1.45. The van der Waals surface area contributed by atoms with Gasteiger partial charge in [0.25, 0.3) is 0 Å². The van der Waals surface area contributed by atoms with Crippen molar-refractivity contribution in [1.29, 1.82) is 0 Å². The van der Waals surface area contributed by atoms with Crippen LogP contribution in [0.15, 0.2) is 72.9 Å². The molecule has 0 heterocycles. The van der Waals surface area contributed by atoms with Crippen LogP contribution >= 0.6 is 7.82 Å². The molecule has 0 amide bonds. The maximum absolute atomic E-state index is 11.9. The highest BCUT2D eigenvalue weighted by atomic mass is 31.2. The number of hydrogen-bond acceptors (Lipinski definition) is 4. The van der Waals surface area contributed by atoms with Gasteiger partial charge in [0, 0.05) is 14.2 Å². The van der Waals surface area contributed by atoms with Crippen molar-refractivity contribution >= 4 is 7.82 Å². The Morgan fingerprint density at radius 2 is 1.03 bits per heavy atom. The first-order valence-electron chi connectivity index (χ1n) is 11.4. The molecule has 0 aliphatic carbocycles. The highest BCUT2D eigenvalue weighted by molar-refractivity contribution is 7.48. The molecular formula is C26H43O4P. The van der Waals surface area contributed by atoms with E-state index in [-0.39, 0.29) is 0 Å². The molecule has 0 radical (unpaired) electrons. The molecule has 31 heavy (non-hydrogen) atoms. The van der Waals surface area contributed by atoms with E-state index in [2.05, 4.69) is 86.8 Å². The normalized spacial score (nSPS) is 14.6. The average molecular weight is 451 g/mol. The summed E-state index contributed by atoms with van der Waals surface area (Å²) in [7, 11) is -0.718. The summed E-state index contributed by atoms with van der Waals surface area (Å²) in [5.41, 5.74) is 0. The van der Waals surface area contributed by atoms with Gasteiger partial charge in [-0.2, -0.15) is 0 Å². The summed E-state index contributed by atoms with van der Waals surface area (Å²) < 4.78 is 26.8. The molecule has 0 saturated heterocycles. The van der Waals surface area contributed by atoms with Crippen LogP contribution in [0.2, 0.25) is 0 Å². The zero-order chi connectivity index (χ0) is 23.0. The third kappa shape index (κ3) is 19.0. The Morgan fingerprint density at radius 1 is 0.645 bits per heavy atom. The van der Waals surface area contributed by atoms with E-state index in [0.29, 0.717) is 12.5 Å². The van der Waals surface area contributed by atoms with Crippen molar-refractivity contribution in [1.82, 2.24) is 0 Å². The maximum Gasteiger partial charge on any atom is 0.474 e. The van der Waals surface area contributed by atoms with E-state index in [0.717, 1.165) is 51.4 Å². The zero-order valence-electron chi connectivity index (χ0n) is 19.9. The fraction of sp³-hybridized carbons (Fsp3) is 0.538. The van der Waals surface area contributed by atoms with Gasteiger partial charge in [0.15, 0.2) is 0 Å². The largest absolute Gasteiger partial charge is 0.474 e. The SMILES string of the molecule is CC/C=C\C/C=C\C/C=C\C/C=C\C/C=C\C/C=C\CC(CC)COP(=O)(OC)OC. The lowest BCUT2D eigenvalue weighted by Crippen LogP contribution is -2.08. The number of phosphoric acid groups is 1. The van der Waals surface area contributed by atoms with E-state index in [9.17, 15) is 4.57 Å². The molecule has 0 bridgehead atoms. The third-order valence-corrected chi connectivity index (χ3v) is 5.92. The van der Waals surface area contributed by atoms with Gasteiger partial charge < -0.3 is 0 Å². The predicted molar refractivity (Wildman–Crippen MR) is 134 cm³/mol. The van der Waals surface area contributed by atoms with Crippen molar-refractivity contribution < 1.29 is 18.1 Å². The van der Waals surface area contributed by atoms with Gasteiger partial charge in [-0.15, -0.1) is 0 Å². The summed E-state index contributed by atoms with van der Waals surface area (Å²) >= 11 is 0. The van der Waals surface area contributed by atoms with E-state index in [1.54, 1.807) is 0 Å². The summed E-state index contributed by atoms with van der Waals surface area (Å²) in [6.45, 7) is 4.61. The Kier molecular flexibility index (Phi) is 20.8. The number of allylic oxidation sites excluding steroid dienone is 12. The number of phosphoric ester groups is 1. The molecule has 0 aliphatic rings. The van der Waals surface area contributed by atoms with Crippen molar-refractivity contribution in [2.75, 3.05) is 20.8 Å². The van der Waals surface area contributed by atoms with E-state index < -0.39 is 7.82 Å². The molecule has 5 heteroatoms. The lowest BCUT2D eigenvalue weighted by molar-refractivity contribution is 0.132. The van der Waals surface area contributed by atoms with Gasteiger partial charge in [0.1, 0.15) is 0 Å². The van der Waals surface area contributed by atoms with E-state index in [1.165, 1.54) is 14.2 Å². The molecule has 0 saturated carbocycles. The van der Waals surface area contributed by atoms with Crippen molar-refractivity contribution in [3.63, 3.8) is 0 Å². The van der Waals surface area contributed by atoms with Gasteiger partial charge in [-0.05, 0) is 50.9 Å². The Balaban J connectivity index is 3.84. The summed E-state index contributed by atoms with van der Waals surface area (Å²) in [6, 6.07) is 0. The second-order valence-electron chi connectivity index (χ2n) is 7.03. The number of hydrogen-bond donors (Lipinski definition) is 0.